The van der Waals surface area contributed by atoms with Gasteiger partial charge in [0.1, 0.15) is 12.5 Å². The van der Waals surface area contributed by atoms with Crippen molar-refractivity contribution in [1.82, 2.24) is 9.88 Å². The molecule has 7 heteroatoms. The highest BCUT2D eigenvalue weighted by Crippen LogP contribution is 2.39. The molecular weight excluding hydrogens is 391 g/mol. The van der Waals surface area contributed by atoms with Crippen molar-refractivity contribution in [2.45, 2.75) is 24.9 Å². The van der Waals surface area contributed by atoms with Crippen molar-refractivity contribution in [3.05, 3.63) is 69.2 Å². The van der Waals surface area contributed by atoms with Crippen molar-refractivity contribution >= 4 is 35.1 Å². The van der Waals surface area contributed by atoms with Crippen molar-refractivity contribution in [2.24, 2.45) is 4.99 Å². The zero-order valence-electron chi connectivity index (χ0n) is 14.5. The van der Waals surface area contributed by atoms with Crippen molar-refractivity contribution in [1.29, 1.82) is 0 Å². The maximum atomic E-state index is 14.1. The normalized spacial score (nSPS) is 21.3. The fraction of sp³-hybridized carbons (Fsp3) is 0.300. The third-order valence-corrected chi connectivity index (χ3v) is 5.86. The smallest absolute Gasteiger partial charge is 0.160 e. The summed E-state index contributed by atoms with van der Waals surface area (Å²) in [5, 5.41) is -0.203. The van der Waals surface area contributed by atoms with Crippen LogP contribution >= 0.6 is 23.2 Å². The summed E-state index contributed by atoms with van der Waals surface area (Å²) in [6.45, 7) is 4.79. The first-order valence-corrected chi connectivity index (χ1v) is 9.31. The van der Waals surface area contributed by atoms with Gasteiger partial charge < -0.3 is 4.90 Å². The third-order valence-electron chi connectivity index (χ3n) is 5.31. The lowest BCUT2D eigenvalue weighted by atomic mass is 9.80. The largest absolute Gasteiger partial charge is 0.352 e. The summed E-state index contributed by atoms with van der Waals surface area (Å²) in [7, 11) is 0. The number of aromatic nitrogens is 1. The minimum absolute atomic E-state index is 0.101. The molecule has 2 aliphatic rings. The van der Waals surface area contributed by atoms with Crippen LogP contribution in [-0.4, -0.2) is 28.9 Å². The van der Waals surface area contributed by atoms with Gasteiger partial charge in [-0.25, -0.2) is 4.39 Å². The monoisotopic (exact) mass is 407 g/mol. The molecule has 2 aliphatic heterocycles. The summed E-state index contributed by atoms with van der Waals surface area (Å²) in [4.78, 5) is 11.1. The van der Waals surface area contributed by atoms with Crippen LogP contribution in [0.1, 0.15) is 28.8 Å². The summed E-state index contributed by atoms with van der Waals surface area (Å²) < 4.78 is 27.9. The zero-order chi connectivity index (χ0) is 19.2. The maximum absolute atomic E-state index is 14.1. The van der Waals surface area contributed by atoms with E-state index >= 15 is 0 Å². The van der Waals surface area contributed by atoms with E-state index < -0.39 is 17.9 Å². The van der Waals surface area contributed by atoms with Gasteiger partial charge in [-0.05, 0) is 41.0 Å². The molecule has 0 aliphatic carbocycles. The van der Waals surface area contributed by atoms with Crippen LogP contribution in [0.3, 0.4) is 0 Å². The predicted octanol–water partition coefficient (Wildman–Crippen LogP) is 5.20. The molecule has 3 nitrogen and oxygen atoms in total. The molecule has 0 saturated carbocycles. The van der Waals surface area contributed by atoms with E-state index in [1.54, 1.807) is 6.08 Å². The van der Waals surface area contributed by atoms with Gasteiger partial charge in [0.25, 0.3) is 0 Å². The van der Waals surface area contributed by atoms with Gasteiger partial charge in [-0.15, -0.1) is 0 Å². The Bertz CT molecular complexity index is 937. The van der Waals surface area contributed by atoms with Crippen LogP contribution in [-0.2, 0) is 18.5 Å². The van der Waals surface area contributed by atoms with E-state index in [0.717, 1.165) is 17.1 Å². The summed E-state index contributed by atoms with van der Waals surface area (Å²) in [6.07, 6.45) is 3.98. The molecular formula is C20H17Cl2F2N3. The van der Waals surface area contributed by atoms with E-state index in [0.29, 0.717) is 25.1 Å². The van der Waals surface area contributed by atoms with Crippen LogP contribution in [0.25, 0.3) is 6.08 Å². The van der Waals surface area contributed by atoms with Crippen LogP contribution < -0.4 is 0 Å². The molecule has 1 aromatic heterocycles. The second kappa shape index (κ2) is 6.88. The second-order valence-electron chi connectivity index (χ2n) is 7.02. The molecule has 3 heterocycles. The average molecular weight is 408 g/mol. The molecule has 140 valence electrons. The highest BCUT2D eigenvalue weighted by molar-refractivity contribution is 6.35. The number of rotatable bonds is 3. The van der Waals surface area contributed by atoms with Crippen molar-refractivity contribution in [3.8, 4) is 0 Å². The molecule has 27 heavy (non-hydrogen) atoms. The van der Waals surface area contributed by atoms with Gasteiger partial charge in [-0.3, -0.25) is 14.4 Å². The van der Waals surface area contributed by atoms with E-state index in [1.807, 2.05) is 12.3 Å². The molecule has 1 atom stereocenters. The fourth-order valence-corrected chi connectivity index (χ4v) is 4.17. The summed E-state index contributed by atoms with van der Waals surface area (Å²) >= 11 is 11.8. The Morgan fingerprint density at radius 1 is 1.19 bits per heavy atom. The first-order valence-electron chi connectivity index (χ1n) is 8.55. The summed E-state index contributed by atoms with van der Waals surface area (Å²) in [5.41, 5.74) is 2.85. The predicted molar refractivity (Wildman–Crippen MR) is 105 cm³/mol. The van der Waals surface area contributed by atoms with Gasteiger partial charge in [-0.1, -0.05) is 29.8 Å². The van der Waals surface area contributed by atoms with E-state index in [-0.39, 0.29) is 16.6 Å². The minimum atomic E-state index is -0.865. The number of alkyl halides is 1. The lowest BCUT2D eigenvalue weighted by Crippen LogP contribution is -2.33. The molecule has 0 N–H and O–H groups in total. The van der Waals surface area contributed by atoms with Crippen LogP contribution in [0.4, 0.5) is 8.78 Å². The quantitative estimate of drug-likeness (QED) is 0.654. The standard InChI is InChI=1S/C20H17Cl2F2N3/c1-2-15-3-12-8-27(9-13(12)7-25-15)18-6-20(10-23,11-26-18)14-4-16(21)19(24)17(22)5-14/h2-5,7H,1,6,8-11H2. The summed E-state index contributed by atoms with van der Waals surface area (Å²) in [5.74, 6) is 0.149. The number of hydrogen-bond donors (Lipinski definition) is 0. The molecule has 0 spiro atoms. The number of fused-ring (bicyclic) bond motifs is 1. The Labute approximate surface area is 166 Å². The first kappa shape index (κ1) is 18.4. The Balaban J connectivity index is 1.58. The van der Waals surface area contributed by atoms with Gasteiger partial charge in [0, 0.05) is 25.7 Å². The first-order chi connectivity index (χ1) is 13.0. The Morgan fingerprint density at radius 2 is 1.89 bits per heavy atom. The van der Waals surface area contributed by atoms with E-state index in [2.05, 4.69) is 21.5 Å². The number of amidine groups is 1. The van der Waals surface area contributed by atoms with E-state index in [9.17, 15) is 8.78 Å². The topological polar surface area (TPSA) is 28.5 Å². The molecule has 0 bridgehead atoms. The molecule has 0 saturated heterocycles. The SMILES string of the molecule is C=Cc1cc2c(cn1)CN(C1=NCC(CF)(c3cc(Cl)c(F)c(Cl)c3)C1)C2. The number of hydrogen-bond acceptors (Lipinski definition) is 3. The van der Waals surface area contributed by atoms with Crippen molar-refractivity contribution in [2.75, 3.05) is 13.2 Å². The molecule has 0 amide bonds. The number of benzene rings is 1. The van der Waals surface area contributed by atoms with Gasteiger partial charge in [0.15, 0.2) is 5.82 Å². The van der Waals surface area contributed by atoms with Crippen LogP contribution in [0.15, 0.2) is 36.0 Å². The Kier molecular flexibility index (Phi) is 4.68. The summed E-state index contributed by atoms with van der Waals surface area (Å²) in [6, 6.07) is 4.93. The number of pyridine rings is 1. The van der Waals surface area contributed by atoms with Gasteiger partial charge in [-0.2, -0.15) is 0 Å². The lowest BCUT2D eigenvalue weighted by molar-refractivity contribution is 0.324. The number of aliphatic imine (C=N–C) groups is 1. The number of nitrogens with zero attached hydrogens (tertiary/aromatic N) is 3. The number of halogens is 4. The maximum Gasteiger partial charge on any atom is 0.160 e. The minimum Gasteiger partial charge on any atom is -0.352 e. The molecule has 1 aromatic carbocycles. The fourth-order valence-electron chi connectivity index (χ4n) is 3.69. The highest BCUT2D eigenvalue weighted by Gasteiger charge is 2.41. The average Bonchev–Trinajstić information content (AvgIpc) is 3.29. The van der Waals surface area contributed by atoms with Crippen molar-refractivity contribution < 1.29 is 8.78 Å². The van der Waals surface area contributed by atoms with Crippen LogP contribution in [0.2, 0.25) is 10.0 Å². The van der Waals surface area contributed by atoms with Crippen LogP contribution in [0.5, 0.6) is 0 Å². The molecule has 4 rings (SSSR count). The van der Waals surface area contributed by atoms with E-state index in [4.69, 9.17) is 23.2 Å². The molecule has 0 radical (unpaired) electrons. The molecule has 2 aromatic rings. The van der Waals surface area contributed by atoms with Gasteiger partial charge in [0.05, 0.1) is 27.7 Å². The highest BCUT2D eigenvalue weighted by atomic mass is 35.5. The molecule has 1 unspecified atom stereocenters. The Hall–Kier alpha value is -1.98. The molecule has 0 fully saturated rings. The second-order valence-corrected chi connectivity index (χ2v) is 7.83. The van der Waals surface area contributed by atoms with Crippen LogP contribution in [0, 0.1) is 5.82 Å². The van der Waals surface area contributed by atoms with Gasteiger partial charge >= 0.3 is 0 Å². The zero-order valence-corrected chi connectivity index (χ0v) is 16.0. The third kappa shape index (κ3) is 3.13. The van der Waals surface area contributed by atoms with E-state index in [1.165, 1.54) is 17.7 Å². The van der Waals surface area contributed by atoms with Crippen molar-refractivity contribution in [3.63, 3.8) is 0 Å². The lowest BCUT2D eigenvalue weighted by Gasteiger charge is -2.27. The Morgan fingerprint density at radius 3 is 2.56 bits per heavy atom. The van der Waals surface area contributed by atoms with Gasteiger partial charge in [0.2, 0.25) is 0 Å².